The van der Waals surface area contributed by atoms with Crippen LogP contribution in [0.5, 0.6) is 6.01 Å². The number of carbonyl (C=O) groups excluding carboxylic acids is 1. The Morgan fingerprint density at radius 1 is 1.25 bits per heavy atom. The molecule has 0 atom stereocenters. The third-order valence-electron chi connectivity index (χ3n) is 2.76. The second kappa shape index (κ2) is 5.88. The lowest BCUT2D eigenvalue weighted by atomic mass is 10.2. The summed E-state index contributed by atoms with van der Waals surface area (Å²) in [7, 11) is 1.50. The van der Waals surface area contributed by atoms with Gasteiger partial charge in [-0.25, -0.2) is 0 Å². The second-order valence-corrected chi connectivity index (χ2v) is 4.66. The number of rotatable bonds is 3. The third-order valence-corrected chi connectivity index (χ3v) is 2.99. The molecule has 1 aromatic heterocycles. The van der Waals surface area contributed by atoms with Crippen LogP contribution in [0.3, 0.4) is 0 Å². The van der Waals surface area contributed by atoms with Crippen LogP contribution >= 0.6 is 11.6 Å². The molecule has 2 aromatic rings. The highest BCUT2D eigenvalue weighted by molar-refractivity contribution is 6.31. The Hall–Kier alpha value is -2.14. The van der Waals surface area contributed by atoms with E-state index in [4.69, 9.17) is 16.3 Å². The number of aromatic nitrogens is 2. The van der Waals surface area contributed by atoms with Gasteiger partial charge in [-0.15, -0.1) is 0 Å². The van der Waals surface area contributed by atoms with E-state index in [9.17, 15) is 4.79 Å². The fourth-order valence-corrected chi connectivity index (χ4v) is 1.96. The molecular formula is C14H14ClN3O2. The molecule has 1 aromatic carbocycles. The van der Waals surface area contributed by atoms with Crippen molar-refractivity contribution in [1.82, 2.24) is 9.97 Å². The van der Waals surface area contributed by atoms with Crippen molar-refractivity contribution in [3.63, 3.8) is 0 Å². The summed E-state index contributed by atoms with van der Waals surface area (Å²) in [6.45, 7) is 3.57. The Morgan fingerprint density at radius 3 is 2.45 bits per heavy atom. The lowest BCUT2D eigenvalue weighted by molar-refractivity contribution is 0.102. The van der Waals surface area contributed by atoms with E-state index in [1.807, 2.05) is 0 Å². The molecule has 0 bridgehead atoms. The molecule has 6 heteroatoms. The maximum atomic E-state index is 12.2. The first kappa shape index (κ1) is 14.3. The van der Waals surface area contributed by atoms with Crippen LogP contribution in [0.1, 0.15) is 21.7 Å². The van der Waals surface area contributed by atoms with Gasteiger partial charge in [0.25, 0.3) is 5.91 Å². The van der Waals surface area contributed by atoms with Gasteiger partial charge >= 0.3 is 6.01 Å². The Labute approximate surface area is 122 Å². The molecule has 0 spiro atoms. The normalized spacial score (nSPS) is 10.2. The lowest BCUT2D eigenvalue weighted by Crippen LogP contribution is -2.15. The van der Waals surface area contributed by atoms with E-state index in [1.54, 1.807) is 38.1 Å². The van der Waals surface area contributed by atoms with Gasteiger partial charge in [0.1, 0.15) is 0 Å². The zero-order chi connectivity index (χ0) is 14.7. The van der Waals surface area contributed by atoms with Gasteiger partial charge < -0.3 is 10.1 Å². The maximum absolute atomic E-state index is 12.2. The highest BCUT2D eigenvalue weighted by Gasteiger charge is 2.13. The number of aryl methyl sites for hydroxylation is 2. The summed E-state index contributed by atoms with van der Waals surface area (Å²) in [6, 6.07) is 7.01. The summed E-state index contributed by atoms with van der Waals surface area (Å²) in [6.07, 6.45) is 0. The Morgan fingerprint density at radius 2 is 1.90 bits per heavy atom. The van der Waals surface area contributed by atoms with Gasteiger partial charge in [0.05, 0.1) is 24.2 Å². The summed E-state index contributed by atoms with van der Waals surface area (Å²) in [5, 5.41) is 3.31. The van der Waals surface area contributed by atoms with Crippen LogP contribution in [0.4, 0.5) is 5.69 Å². The molecule has 5 nitrogen and oxygen atoms in total. The van der Waals surface area contributed by atoms with E-state index in [1.165, 1.54) is 7.11 Å². The number of hydrogen-bond acceptors (Lipinski definition) is 4. The first-order valence-electron chi connectivity index (χ1n) is 5.97. The number of methoxy groups -OCH3 is 1. The molecule has 0 aliphatic carbocycles. The van der Waals surface area contributed by atoms with Crippen LogP contribution in [-0.2, 0) is 0 Å². The van der Waals surface area contributed by atoms with Crippen molar-refractivity contribution in [3.8, 4) is 6.01 Å². The summed E-state index contributed by atoms with van der Waals surface area (Å²) >= 11 is 5.87. The van der Waals surface area contributed by atoms with Crippen LogP contribution in [0.25, 0.3) is 0 Å². The van der Waals surface area contributed by atoms with E-state index in [0.717, 1.165) is 0 Å². The number of amides is 1. The van der Waals surface area contributed by atoms with Crippen molar-refractivity contribution in [2.24, 2.45) is 0 Å². The minimum atomic E-state index is -0.257. The Balaban J connectivity index is 2.28. The smallest absolute Gasteiger partial charge is 0.316 e. The highest BCUT2D eigenvalue weighted by atomic mass is 35.5. The number of anilines is 1. The number of hydrogen-bond donors (Lipinski definition) is 1. The number of nitrogens with one attached hydrogen (secondary N) is 1. The number of benzene rings is 1. The molecule has 0 aliphatic heterocycles. The summed E-state index contributed by atoms with van der Waals surface area (Å²) < 4.78 is 4.98. The van der Waals surface area contributed by atoms with Crippen LogP contribution in [0, 0.1) is 13.8 Å². The largest absolute Gasteiger partial charge is 0.467 e. The summed E-state index contributed by atoms with van der Waals surface area (Å²) in [5.74, 6) is -0.257. The maximum Gasteiger partial charge on any atom is 0.316 e. The van der Waals surface area contributed by atoms with E-state index < -0.39 is 0 Å². The average Bonchev–Trinajstić information content (AvgIpc) is 2.42. The van der Waals surface area contributed by atoms with E-state index in [0.29, 0.717) is 27.7 Å². The van der Waals surface area contributed by atoms with Crippen molar-refractivity contribution >= 4 is 23.2 Å². The van der Waals surface area contributed by atoms with Crippen LogP contribution < -0.4 is 10.1 Å². The van der Waals surface area contributed by atoms with Crippen molar-refractivity contribution in [3.05, 3.63) is 46.2 Å². The molecular weight excluding hydrogens is 278 g/mol. The lowest BCUT2D eigenvalue weighted by Gasteiger charge is -2.11. The van der Waals surface area contributed by atoms with Crippen molar-refractivity contribution in [2.45, 2.75) is 13.8 Å². The van der Waals surface area contributed by atoms with Crippen molar-refractivity contribution in [1.29, 1.82) is 0 Å². The van der Waals surface area contributed by atoms with Gasteiger partial charge in [0.2, 0.25) is 0 Å². The zero-order valence-electron chi connectivity index (χ0n) is 11.4. The Kier molecular flexibility index (Phi) is 4.20. The quantitative estimate of drug-likeness (QED) is 0.944. The van der Waals surface area contributed by atoms with Crippen LogP contribution in [0.15, 0.2) is 24.3 Å². The SMILES string of the molecule is COc1nc(C)c(NC(=O)c2cccc(Cl)c2)c(C)n1. The molecule has 0 radical (unpaired) electrons. The predicted molar refractivity (Wildman–Crippen MR) is 77.5 cm³/mol. The van der Waals surface area contributed by atoms with Crippen LogP contribution in [-0.4, -0.2) is 23.0 Å². The number of ether oxygens (including phenoxy) is 1. The number of nitrogens with zero attached hydrogens (tertiary/aromatic N) is 2. The van der Waals surface area contributed by atoms with Gasteiger partial charge in [0, 0.05) is 10.6 Å². The molecule has 0 saturated carbocycles. The minimum Gasteiger partial charge on any atom is -0.467 e. The van der Waals surface area contributed by atoms with E-state index >= 15 is 0 Å². The predicted octanol–water partition coefficient (Wildman–Crippen LogP) is 3.01. The standard InChI is InChI=1S/C14H14ClN3O2/c1-8-12(9(2)17-14(16-8)20-3)18-13(19)10-5-4-6-11(15)7-10/h4-7H,1-3H3,(H,18,19). The fraction of sp³-hybridized carbons (Fsp3) is 0.214. The molecule has 0 saturated heterocycles. The summed E-state index contributed by atoms with van der Waals surface area (Å²) in [4.78, 5) is 20.5. The topological polar surface area (TPSA) is 64.1 Å². The fourth-order valence-electron chi connectivity index (χ4n) is 1.77. The van der Waals surface area contributed by atoms with Gasteiger partial charge in [-0.3, -0.25) is 4.79 Å². The van der Waals surface area contributed by atoms with Gasteiger partial charge in [-0.1, -0.05) is 17.7 Å². The third kappa shape index (κ3) is 3.05. The molecule has 1 amide bonds. The van der Waals surface area contributed by atoms with Crippen molar-refractivity contribution < 1.29 is 9.53 Å². The highest BCUT2D eigenvalue weighted by Crippen LogP contribution is 2.20. The molecule has 104 valence electrons. The average molecular weight is 292 g/mol. The van der Waals surface area contributed by atoms with Crippen LogP contribution in [0.2, 0.25) is 5.02 Å². The van der Waals surface area contributed by atoms with Gasteiger partial charge in [-0.05, 0) is 32.0 Å². The summed E-state index contributed by atoms with van der Waals surface area (Å²) in [5.41, 5.74) is 2.34. The first-order valence-corrected chi connectivity index (χ1v) is 6.35. The molecule has 0 aliphatic rings. The molecule has 2 rings (SSSR count). The van der Waals surface area contributed by atoms with Gasteiger partial charge in [0.15, 0.2) is 0 Å². The first-order chi connectivity index (χ1) is 9.51. The zero-order valence-corrected chi connectivity index (χ0v) is 12.2. The Bertz CT molecular complexity index is 636. The molecule has 1 heterocycles. The molecule has 0 fully saturated rings. The van der Waals surface area contributed by atoms with E-state index in [2.05, 4.69) is 15.3 Å². The molecule has 0 unspecified atom stereocenters. The molecule has 20 heavy (non-hydrogen) atoms. The molecule has 1 N–H and O–H groups in total. The van der Waals surface area contributed by atoms with Crippen molar-refractivity contribution in [2.75, 3.05) is 12.4 Å². The number of carbonyl (C=O) groups is 1. The monoisotopic (exact) mass is 291 g/mol. The van der Waals surface area contributed by atoms with E-state index in [-0.39, 0.29) is 11.9 Å². The van der Waals surface area contributed by atoms with Gasteiger partial charge in [-0.2, -0.15) is 9.97 Å². The second-order valence-electron chi connectivity index (χ2n) is 4.22. The number of halogens is 1. The minimum absolute atomic E-state index is 0.257.